The number of aromatic carboxylic acids is 1. The number of carboxylic acid groups (broad SMARTS) is 1. The van der Waals surface area contributed by atoms with Gasteiger partial charge in [-0.3, -0.25) is 0 Å². The Kier molecular flexibility index (Phi) is 4.73. The second-order valence-electron chi connectivity index (χ2n) is 5.29. The zero-order chi connectivity index (χ0) is 15.5. The van der Waals surface area contributed by atoms with Crippen LogP contribution < -0.4 is 5.32 Å². The Morgan fingerprint density at radius 2 is 1.95 bits per heavy atom. The number of aryl methyl sites for hydroxylation is 1. The van der Waals surface area contributed by atoms with Crippen molar-refractivity contribution in [2.75, 3.05) is 19.0 Å². The first-order chi connectivity index (χ1) is 9.19. The van der Waals surface area contributed by atoms with Crippen molar-refractivity contribution in [3.8, 4) is 0 Å². The number of nitrogens with zero attached hydrogens (tertiary/aromatic N) is 1. The minimum atomic E-state index is -1.05. The summed E-state index contributed by atoms with van der Waals surface area (Å²) >= 11 is 0. The van der Waals surface area contributed by atoms with E-state index in [1.165, 1.54) is 17.0 Å². The van der Waals surface area contributed by atoms with Gasteiger partial charge in [-0.05, 0) is 38.5 Å². The van der Waals surface area contributed by atoms with Gasteiger partial charge in [-0.1, -0.05) is 6.07 Å². The van der Waals surface area contributed by atoms with Gasteiger partial charge in [-0.25, -0.2) is 9.59 Å². The lowest BCUT2D eigenvalue weighted by molar-refractivity contribution is 0.0697. The third-order valence-corrected chi connectivity index (χ3v) is 3.33. The fourth-order valence-corrected chi connectivity index (χ4v) is 1.47. The first kappa shape index (κ1) is 16.0. The zero-order valence-corrected chi connectivity index (χ0v) is 12.1. The van der Waals surface area contributed by atoms with Crippen LogP contribution >= 0.6 is 0 Å². The predicted molar refractivity (Wildman–Crippen MR) is 76.1 cm³/mol. The van der Waals surface area contributed by atoms with E-state index in [9.17, 15) is 14.7 Å². The van der Waals surface area contributed by atoms with Gasteiger partial charge >= 0.3 is 12.0 Å². The molecule has 0 saturated heterocycles. The van der Waals surface area contributed by atoms with Gasteiger partial charge in [0.1, 0.15) is 0 Å². The van der Waals surface area contributed by atoms with Crippen molar-refractivity contribution < 1.29 is 19.8 Å². The number of hydrogen-bond donors (Lipinski definition) is 3. The normalized spacial score (nSPS) is 11.1. The molecule has 3 N–H and O–H groups in total. The van der Waals surface area contributed by atoms with Crippen LogP contribution in [-0.4, -0.2) is 46.3 Å². The molecule has 0 aromatic heterocycles. The number of amides is 2. The van der Waals surface area contributed by atoms with Gasteiger partial charge in [0.05, 0.1) is 17.7 Å². The Labute approximate surface area is 118 Å². The second kappa shape index (κ2) is 5.92. The maximum Gasteiger partial charge on any atom is 0.335 e. The van der Waals surface area contributed by atoms with E-state index in [4.69, 9.17) is 5.11 Å². The molecule has 0 bridgehead atoms. The number of benzene rings is 1. The lowest BCUT2D eigenvalue weighted by Crippen LogP contribution is -2.49. The van der Waals surface area contributed by atoms with Crippen LogP contribution in [0.25, 0.3) is 0 Å². The van der Waals surface area contributed by atoms with Gasteiger partial charge < -0.3 is 20.4 Å². The maximum absolute atomic E-state index is 12.1. The van der Waals surface area contributed by atoms with Crippen molar-refractivity contribution >= 4 is 17.7 Å². The molecule has 0 aliphatic carbocycles. The lowest BCUT2D eigenvalue weighted by Gasteiger charge is -2.34. The quantitative estimate of drug-likeness (QED) is 0.786. The molecule has 0 fully saturated rings. The molecule has 20 heavy (non-hydrogen) atoms. The Bertz CT molecular complexity index is 526. The number of carbonyl (C=O) groups excluding carboxylic acids is 1. The largest absolute Gasteiger partial charge is 0.478 e. The van der Waals surface area contributed by atoms with Gasteiger partial charge in [-0.2, -0.15) is 0 Å². The van der Waals surface area contributed by atoms with E-state index >= 15 is 0 Å². The van der Waals surface area contributed by atoms with Crippen LogP contribution in [0.5, 0.6) is 0 Å². The standard InChI is InChI=1S/C14H20N2O4/c1-9-5-6-10(12(18)19)7-11(9)15-13(20)16(4)14(2,3)8-17/h5-7,17H,8H2,1-4H3,(H,15,20)(H,18,19). The van der Waals surface area contributed by atoms with E-state index in [-0.39, 0.29) is 12.2 Å². The van der Waals surface area contributed by atoms with Crippen molar-refractivity contribution in [1.29, 1.82) is 0 Å². The highest BCUT2D eigenvalue weighted by atomic mass is 16.4. The number of nitrogens with one attached hydrogen (secondary N) is 1. The predicted octanol–water partition coefficient (Wildman–Crippen LogP) is 1.93. The molecule has 0 aliphatic rings. The van der Waals surface area contributed by atoms with Crippen LogP contribution in [0.1, 0.15) is 29.8 Å². The van der Waals surface area contributed by atoms with Crippen molar-refractivity contribution in [1.82, 2.24) is 4.90 Å². The topological polar surface area (TPSA) is 89.9 Å². The highest BCUT2D eigenvalue weighted by Crippen LogP contribution is 2.19. The molecule has 6 heteroatoms. The number of rotatable bonds is 4. The SMILES string of the molecule is Cc1ccc(C(=O)O)cc1NC(=O)N(C)C(C)(C)CO. The number of aliphatic hydroxyl groups excluding tert-OH is 1. The molecule has 0 atom stereocenters. The Hall–Kier alpha value is -2.08. The monoisotopic (exact) mass is 280 g/mol. The third kappa shape index (κ3) is 3.48. The van der Waals surface area contributed by atoms with Gasteiger partial charge in [0.25, 0.3) is 0 Å². The van der Waals surface area contributed by atoms with Crippen LogP contribution in [-0.2, 0) is 0 Å². The molecular formula is C14H20N2O4. The molecule has 2 amide bonds. The molecule has 0 unspecified atom stereocenters. The summed E-state index contributed by atoms with van der Waals surface area (Å²) < 4.78 is 0. The molecule has 0 saturated carbocycles. The number of urea groups is 1. The summed E-state index contributed by atoms with van der Waals surface area (Å²) in [5, 5.41) is 20.9. The number of aliphatic hydroxyl groups is 1. The fraction of sp³-hybridized carbons (Fsp3) is 0.429. The van der Waals surface area contributed by atoms with Gasteiger partial charge in [0.2, 0.25) is 0 Å². The van der Waals surface area contributed by atoms with Gasteiger partial charge in [0.15, 0.2) is 0 Å². The van der Waals surface area contributed by atoms with Crippen molar-refractivity contribution in [3.63, 3.8) is 0 Å². The minimum absolute atomic E-state index is 0.106. The smallest absolute Gasteiger partial charge is 0.335 e. The first-order valence-corrected chi connectivity index (χ1v) is 6.18. The molecule has 110 valence electrons. The molecule has 1 rings (SSSR count). The third-order valence-electron chi connectivity index (χ3n) is 3.33. The van der Waals surface area contributed by atoms with E-state index < -0.39 is 17.5 Å². The van der Waals surface area contributed by atoms with Crippen LogP contribution in [0.3, 0.4) is 0 Å². The molecule has 1 aromatic rings. The summed E-state index contributed by atoms with van der Waals surface area (Å²) in [6.07, 6.45) is 0. The summed E-state index contributed by atoms with van der Waals surface area (Å²) in [6.45, 7) is 5.06. The highest BCUT2D eigenvalue weighted by molar-refractivity contribution is 5.94. The van der Waals surface area contributed by atoms with Crippen molar-refractivity contribution in [3.05, 3.63) is 29.3 Å². The first-order valence-electron chi connectivity index (χ1n) is 6.18. The van der Waals surface area contributed by atoms with Crippen molar-refractivity contribution in [2.45, 2.75) is 26.3 Å². The van der Waals surface area contributed by atoms with E-state index in [0.717, 1.165) is 5.56 Å². The van der Waals surface area contributed by atoms with E-state index in [2.05, 4.69) is 5.32 Å². The summed E-state index contributed by atoms with van der Waals surface area (Å²) in [4.78, 5) is 24.4. The average Bonchev–Trinajstić information content (AvgIpc) is 2.39. The fourth-order valence-electron chi connectivity index (χ4n) is 1.47. The average molecular weight is 280 g/mol. The number of anilines is 1. The second-order valence-corrected chi connectivity index (χ2v) is 5.29. The molecule has 0 spiro atoms. The van der Waals surface area contributed by atoms with E-state index in [0.29, 0.717) is 5.69 Å². The van der Waals surface area contributed by atoms with Gasteiger partial charge in [0, 0.05) is 12.7 Å². The molecule has 0 radical (unpaired) electrons. The number of carbonyl (C=O) groups is 2. The molecular weight excluding hydrogens is 260 g/mol. The van der Waals surface area contributed by atoms with Crippen LogP contribution in [0.4, 0.5) is 10.5 Å². The van der Waals surface area contributed by atoms with Crippen molar-refractivity contribution in [2.24, 2.45) is 0 Å². The highest BCUT2D eigenvalue weighted by Gasteiger charge is 2.27. The molecule has 6 nitrogen and oxygen atoms in total. The zero-order valence-electron chi connectivity index (χ0n) is 12.1. The van der Waals surface area contributed by atoms with Crippen LogP contribution in [0, 0.1) is 6.92 Å². The summed E-state index contributed by atoms with van der Waals surface area (Å²) in [6, 6.07) is 4.12. The minimum Gasteiger partial charge on any atom is -0.478 e. The number of hydrogen-bond acceptors (Lipinski definition) is 3. The number of carboxylic acids is 1. The van der Waals surface area contributed by atoms with Crippen LogP contribution in [0.2, 0.25) is 0 Å². The van der Waals surface area contributed by atoms with E-state index in [1.54, 1.807) is 33.9 Å². The Balaban J connectivity index is 2.96. The Morgan fingerprint density at radius 3 is 2.45 bits per heavy atom. The summed E-state index contributed by atoms with van der Waals surface area (Å²) in [5.41, 5.74) is 0.603. The maximum atomic E-state index is 12.1. The molecule has 0 aliphatic heterocycles. The molecule has 0 heterocycles. The summed E-state index contributed by atoms with van der Waals surface area (Å²) in [7, 11) is 1.57. The van der Waals surface area contributed by atoms with E-state index in [1.807, 2.05) is 0 Å². The Morgan fingerprint density at radius 1 is 1.35 bits per heavy atom. The lowest BCUT2D eigenvalue weighted by atomic mass is 10.1. The van der Waals surface area contributed by atoms with Gasteiger partial charge in [-0.15, -0.1) is 0 Å². The summed E-state index contributed by atoms with van der Waals surface area (Å²) in [5.74, 6) is -1.05. The van der Waals surface area contributed by atoms with Crippen LogP contribution in [0.15, 0.2) is 18.2 Å². The number of likely N-dealkylation sites (N-methyl/N-ethyl adjacent to an activating group) is 1. The molecule has 1 aromatic carbocycles.